The van der Waals surface area contributed by atoms with E-state index in [2.05, 4.69) is 19.1 Å². The predicted octanol–water partition coefficient (Wildman–Crippen LogP) is 4.08. The number of fused-ring (bicyclic) bond motifs is 3. The lowest BCUT2D eigenvalue weighted by Gasteiger charge is -2.46. The van der Waals surface area contributed by atoms with Gasteiger partial charge in [0.05, 0.1) is 12.3 Å². The summed E-state index contributed by atoms with van der Waals surface area (Å²) < 4.78 is 17.0. The average Bonchev–Trinajstić information content (AvgIpc) is 3.36. The van der Waals surface area contributed by atoms with Crippen LogP contribution in [0.2, 0.25) is 0 Å². The number of furan rings is 1. The second kappa shape index (κ2) is 5.79. The lowest BCUT2D eigenvalue weighted by atomic mass is 9.71. The Bertz CT molecular complexity index is 836. The van der Waals surface area contributed by atoms with Gasteiger partial charge in [0.1, 0.15) is 13.2 Å². The highest BCUT2D eigenvalue weighted by atomic mass is 16.6. The maximum Gasteiger partial charge on any atom is 0.290 e. The molecule has 136 valence electrons. The summed E-state index contributed by atoms with van der Waals surface area (Å²) in [4.78, 5) is 15.1. The molecule has 26 heavy (non-hydrogen) atoms. The van der Waals surface area contributed by atoms with Crippen molar-refractivity contribution in [1.29, 1.82) is 0 Å². The molecule has 1 spiro atoms. The van der Waals surface area contributed by atoms with Crippen molar-refractivity contribution < 1.29 is 18.7 Å². The third-order valence-corrected chi connectivity index (χ3v) is 6.23. The molecule has 3 heterocycles. The monoisotopic (exact) mass is 353 g/mol. The summed E-state index contributed by atoms with van der Waals surface area (Å²) in [5.41, 5.74) is 2.54. The van der Waals surface area contributed by atoms with E-state index < -0.39 is 0 Å². The molecule has 1 amide bonds. The van der Waals surface area contributed by atoms with E-state index in [9.17, 15) is 4.79 Å². The van der Waals surface area contributed by atoms with Gasteiger partial charge in [0.2, 0.25) is 0 Å². The number of amides is 1. The van der Waals surface area contributed by atoms with Gasteiger partial charge in [0.25, 0.3) is 5.91 Å². The van der Waals surface area contributed by atoms with E-state index in [0.29, 0.717) is 19.0 Å². The van der Waals surface area contributed by atoms with Crippen LogP contribution >= 0.6 is 0 Å². The zero-order chi connectivity index (χ0) is 17.7. The Labute approximate surface area is 152 Å². The molecular weight excluding hydrogens is 330 g/mol. The Balaban J connectivity index is 1.62. The molecule has 1 saturated carbocycles. The minimum Gasteiger partial charge on any atom is -0.486 e. The number of carbonyl (C=O) groups excluding carboxylic acids is 1. The van der Waals surface area contributed by atoms with Crippen LogP contribution in [0.5, 0.6) is 11.5 Å². The molecule has 0 saturated heterocycles. The summed E-state index contributed by atoms with van der Waals surface area (Å²) in [6, 6.07) is 7.76. The van der Waals surface area contributed by atoms with Gasteiger partial charge in [-0.05, 0) is 55.2 Å². The second-order valence-electron chi connectivity index (χ2n) is 7.66. The first-order valence-corrected chi connectivity index (χ1v) is 9.46. The summed E-state index contributed by atoms with van der Waals surface area (Å²) in [6.07, 6.45) is 6.17. The van der Waals surface area contributed by atoms with Crippen LogP contribution in [0, 0.1) is 0 Å². The molecule has 1 atom stereocenters. The van der Waals surface area contributed by atoms with Gasteiger partial charge in [-0.1, -0.05) is 12.8 Å². The molecule has 1 aromatic carbocycles. The van der Waals surface area contributed by atoms with E-state index in [1.54, 1.807) is 18.4 Å². The highest BCUT2D eigenvalue weighted by molar-refractivity contribution is 5.92. The second-order valence-corrected chi connectivity index (χ2v) is 7.66. The Hall–Kier alpha value is -2.43. The molecule has 1 aliphatic carbocycles. The summed E-state index contributed by atoms with van der Waals surface area (Å²) in [6.45, 7) is 4.00. The number of hydrogen-bond donors (Lipinski definition) is 0. The highest BCUT2D eigenvalue weighted by Crippen LogP contribution is 2.52. The van der Waals surface area contributed by atoms with E-state index in [4.69, 9.17) is 13.9 Å². The molecule has 0 bridgehead atoms. The van der Waals surface area contributed by atoms with Crippen LogP contribution < -0.4 is 9.47 Å². The fourth-order valence-corrected chi connectivity index (χ4v) is 4.89. The lowest BCUT2D eigenvalue weighted by molar-refractivity contribution is 0.0561. The van der Waals surface area contributed by atoms with Crippen LogP contribution in [0.25, 0.3) is 0 Å². The number of hydrogen-bond acceptors (Lipinski definition) is 4. The Kier molecular flexibility index (Phi) is 3.52. The van der Waals surface area contributed by atoms with Gasteiger partial charge in [-0.2, -0.15) is 0 Å². The molecule has 0 radical (unpaired) electrons. The zero-order valence-electron chi connectivity index (χ0n) is 15.0. The molecule has 3 aliphatic rings. The maximum atomic E-state index is 13.1. The summed E-state index contributed by atoms with van der Waals surface area (Å²) in [5.74, 6) is 2.02. The molecule has 2 aliphatic heterocycles. The average molecular weight is 353 g/mol. The van der Waals surface area contributed by atoms with Crippen molar-refractivity contribution in [2.45, 2.75) is 44.1 Å². The van der Waals surface area contributed by atoms with E-state index in [1.807, 2.05) is 4.90 Å². The Morgan fingerprint density at radius 2 is 1.88 bits per heavy atom. The maximum absolute atomic E-state index is 13.1. The smallest absolute Gasteiger partial charge is 0.290 e. The lowest BCUT2D eigenvalue weighted by Crippen LogP contribution is -2.48. The first-order valence-electron chi connectivity index (χ1n) is 9.46. The number of rotatable bonds is 1. The molecule has 5 rings (SSSR count). The van der Waals surface area contributed by atoms with Gasteiger partial charge < -0.3 is 18.8 Å². The van der Waals surface area contributed by atoms with Gasteiger partial charge in [-0.15, -0.1) is 0 Å². The van der Waals surface area contributed by atoms with E-state index in [1.165, 1.54) is 24.0 Å². The third-order valence-electron chi connectivity index (χ3n) is 6.23. The normalized spacial score (nSPS) is 23.1. The predicted molar refractivity (Wildman–Crippen MR) is 95.7 cm³/mol. The van der Waals surface area contributed by atoms with Crippen LogP contribution in [0.4, 0.5) is 0 Å². The van der Waals surface area contributed by atoms with Crippen molar-refractivity contribution in [1.82, 2.24) is 4.90 Å². The zero-order valence-corrected chi connectivity index (χ0v) is 15.0. The van der Waals surface area contributed by atoms with E-state index in [0.717, 1.165) is 30.9 Å². The SMILES string of the molecule is CC1c2cc3c(cc2C2(CCCC2)CN1C(=O)c1ccco1)OCCO3. The van der Waals surface area contributed by atoms with Crippen LogP contribution in [0.1, 0.15) is 60.3 Å². The molecule has 0 N–H and O–H groups in total. The van der Waals surface area contributed by atoms with Gasteiger partial charge in [0, 0.05) is 12.0 Å². The summed E-state index contributed by atoms with van der Waals surface area (Å²) >= 11 is 0. The Morgan fingerprint density at radius 3 is 2.58 bits per heavy atom. The summed E-state index contributed by atoms with van der Waals surface area (Å²) in [7, 11) is 0. The molecule has 5 heteroatoms. The van der Waals surface area contributed by atoms with Crippen molar-refractivity contribution in [3.8, 4) is 11.5 Å². The first-order chi connectivity index (χ1) is 12.7. The standard InChI is InChI=1S/C21H23NO4/c1-14-15-11-18-19(26-10-9-25-18)12-16(15)21(6-2-3-7-21)13-22(14)20(23)17-5-4-8-24-17/h4-5,8,11-12,14H,2-3,6-7,9-10,13H2,1H3. The fraction of sp³-hybridized carbons (Fsp3) is 0.476. The van der Waals surface area contributed by atoms with Crippen molar-refractivity contribution in [2.24, 2.45) is 0 Å². The van der Waals surface area contributed by atoms with E-state index >= 15 is 0 Å². The van der Waals surface area contributed by atoms with Gasteiger partial charge in [0.15, 0.2) is 17.3 Å². The van der Waals surface area contributed by atoms with Crippen LogP contribution in [-0.4, -0.2) is 30.6 Å². The van der Waals surface area contributed by atoms with Gasteiger partial charge in [-0.25, -0.2) is 0 Å². The quantitative estimate of drug-likeness (QED) is 0.775. The number of nitrogens with zero attached hydrogens (tertiary/aromatic N) is 1. The number of benzene rings is 1. The van der Waals surface area contributed by atoms with Crippen LogP contribution in [0.3, 0.4) is 0 Å². The molecule has 1 fully saturated rings. The molecule has 5 nitrogen and oxygen atoms in total. The Morgan fingerprint density at radius 1 is 1.15 bits per heavy atom. The van der Waals surface area contributed by atoms with Gasteiger partial charge in [-0.3, -0.25) is 4.79 Å². The van der Waals surface area contributed by atoms with Gasteiger partial charge >= 0.3 is 0 Å². The topological polar surface area (TPSA) is 51.9 Å². The number of carbonyl (C=O) groups is 1. The summed E-state index contributed by atoms with van der Waals surface area (Å²) in [5, 5.41) is 0. The fourth-order valence-electron chi connectivity index (χ4n) is 4.89. The van der Waals surface area contributed by atoms with Crippen molar-refractivity contribution in [3.05, 3.63) is 47.4 Å². The molecular formula is C21H23NO4. The molecule has 1 aromatic heterocycles. The van der Waals surface area contributed by atoms with Crippen molar-refractivity contribution >= 4 is 5.91 Å². The number of ether oxygens (including phenoxy) is 2. The van der Waals surface area contributed by atoms with E-state index in [-0.39, 0.29) is 17.4 Å². The third kappa shape index (κ3) is 2.26. The molecule has 2 aromatic rings. The minimum atomic E-state index is -0.0330. The van der Waals surface area contributed by atoms with Crippen LogP contribution in [-0.2, 0) is 5.41 Å². The largest absolute Gasteiger partial charge is 0.486 e. The van der Waals surface area contributed by atoms with Crippen molar-refractivity contribution in [2.75, 3.05) is 19.8 Å². The van der Waals surface area contributed by atoms with Crippen molar-refractivity contribution in [3.63, 3.8) is 0 Å². The minimum absolute atomic E-state index is 0.0138. The molecule has 1 unspecified atom stereocenters. The first kappa shape index (κ1) is 15.8. The highest BCUT2D eigenvalue weighted by Gasteiger charge is 2.46. The van der Waals surface area contributed by atoms with Crippen LogP contribution in [0.15, 0.2) is 34.9 Å².